The Hall–Kier alpha value is -3.26. The standard InChI is InChI=1S/C20H16ClFN4O3/c21-14-5-1-12(2-6-14)11-23-20(27)17-9-16(28-25-17)10-18-24-19(26-29-18)13-3-7-15(22)8-4-13/h1-8,16H,9-11H2,(H,23,27)/t16-/m0/s1. The fourth-order valence-electron chi connectivity index (χ4n) is 2.81. The second kappa shape index (κ2) is 8.40. The van der Waals surface area contributed by atoms with Crippen LogP contribution in [0.4, 0.5) is 4.39 Å². The van der Waals surface area contributed by atoms with E-state index in [4.69, 9.17) is 21.0 Å². The molecule has 3 aromatic rings. The van der Waals surface area contributed by atoms with Gasteiger partial charge in [0.15, 0.2) is 0 Å². The molecule has 4 rings (SSSR count). The van der Waals surface area contributed by atoms with Crippen LogP contribution in [0.3, 0.4) is 0 Å². The van der Waals surface area contributed by atoms with Crippen molar-refractivity contribution >= 4 is 23.2 Å². The van der Waals surface area contributed by atoms with Gasteiger partial charge in [-0.15, -0.1) is 0 Å². The summed E-state index contributed by atoms with van der Waals surface area (Å²) in [7, 11) is 0. The molecule has 2 aromatic carbocycles. The van der Waals surface area contributed by atoms with Gasteiger partial charge in [-0.25, -0.2) is 4.39 Å². The van der Waals surface area contributed by atoms with E-state index in [0.717, 1.165) is 5.56 Å². The average molecular weight is 415 g/mol. The summed E-state index contributed by atoms with van der Waals surface area (Å²) >= 11 is 5.85. The molecular weight excluding hydrogens is 399 g/mol. The van der Waals surface area contributed by atoms with Crippen LogP contribution < -0.4 is 5.32 Å². The highest BCUT2D eigenvalue weighted by atomic mass is 35.5. The first-order chi connectivity index (χ1) is 14.1. The molecule has 0 radical (unpaired) electrons. The molecule has 1 N–H and O–H groups in total. The quantitative estimate of drug-likeness (QED) is 0.666. The maximum atomic E-state index is 13.0. The molecule has 0 fully saturated rings. The van der Waals surface area contributed by atoms with Crippen molar-refractivity contribution in [2.24, 2.45) is 5.16 Å². The Balaban J connectivity index is 1.29. The summed E-state index contributed by atoms with van der Waals surface area (Å²) in [5, 5.41) is 11.2. The minimum atomic E-state index is -0.368. The summed E-state index contributed by atoms with van der Waals surface area (Å²) in [6.45, 7) is 0.365. The van der Waals surface area contributed by atoms with Gasteiger partial charge in [-0.2, -0.15) is 4.98 Å². The van der Waals surface area contributed by atoms with Gasteiger partial charge >= 0.3 is 0 Å². The van der Waals surface area contributed by atoms with Crippen molar-refractivity contribution in [2.75, 3.05) is 0 Å². The lowest BCUT2D eigenvalue weighted by Gasteiger charge is -2.05. The van der Waals surface area contributed by atoms with E-state index in [1.54, 1.807) is 24.3 Å². The van der Waals surface area contributed by atoms with Crippen LogP contribution in [0.2, 0.25) is 5.02 Å². The molecule has 148 valence electrons. The molecule has 1 aliphatic rings. The molecule has 1 aromatic heterocycles. The van der Waals surface area contributed by atoms with E-state index < -0.39 is 0 Å². The van der Waals surface area contributed by atoms with Gasteiger partial charge in [0.25, 0.3) is 5.91 Å². The number of nitrogens with one attached hydrogen (secondary N) is 1. The van der Waals surface area contributed by atoms with Crippen LogP contribution in [-0.2, 0) is 22.6 Å². The van der Waals surface area contributed by atoms with Crippen LogP contribution in [-0.4, -0.2) is 27.9 Å². The topological polar surface area (TPSA) is 89.6 Å². The molecule has 0 unspecified atom stereocenters. The number of oxime groups is 1. The molecule has 0 bridgehead atoms. The predicted molar refractivity (Wildman–Crippen MR) is 104 cm³/mol. The highest BCUT2D eigenvalue weighted by Gasteiger charge is 2.28. The molecule has 1 aliphatic heterocycles. The summed E-state index contributed by atoms with van der Waals surface area (Å²) < 4.78 is 18.2. The average Bonchev–Trinajstić information content (AvgIpc) is 3.38. The zero-order valence-corrected chi connectivity index (χ0v) is 15.9. The number of carbonyl (C=O) groups excluding carboxylic acids is 1. The van der Waals surface area contributed by atoms with Crippen LogP contribution >= 0.6 is 11.6 Å². The number of hydrogen-bond donors (Lipinski definition) is 1. The van der Waals surface area contributed by atoms with E-state index in [1.165, 1.54) is 12.1 Å². The van der Waals surface area contributed by atoms with E-state index >= 15 is 0 Å². The Kier molecular flexibility index (Phi) is 5.53. The van der Waals surface area contributed by atoms with Gasteiger partial charge in [0.2, 0.25) is 11.7 Å². The molecule has 0 spiro atoms. The molecule has 0 saturated heterocycles. The summed E-state index contributed by atoms with van der Waals surface area (Å²) in [5.41, 5.74) is 1.88. The number of amides is 1. The van der Waals surface area contributed by atoms with Gasteiger partial charge in [0, 0.05) is 23.6 Å². The van der Waals surface area contributed by atoms with E-state index in [0.29, 0.717) is 47.4 Å². The molecule has 29 heavy (non-hydrogen) atoms. The molecule has 1 amide bonds. The van der Waals surface area contributed by atoms with E-state index in [1.807, 2.05) is 12.1 Å². The van der Waals surface area contributed by atoms with E-state index in [2.05, 4.69) is 20.6 Å². The Morgan fingerprint density at radius 1 is 1.17 bits per heavy atom. The fourth-order valence-corrected chi connectivity index (χ4v) is 2.93. The first-order valence-electron chi connectivity index (χ1n) is 8.90. The monoisotopic (exact) mass is 414 g/mol. The number of benzene rings is 2. The molecule has 7 nitrogen and oxygen atoms in total. The minimum Gasteiger partial charge on any atom is -0.391 e. The lowest BCUT2D eigenvalue weighted by molar-refractivity contribution is -0.115. The third-order valence-corrected chi connectivity index (χ3v) is 4.59. The van der Waals surface area contributed by atoms with Crippen molar-refractivity contribution in [1.29, 1.82) is 0 Å². The first-order valence-corrected chi connectivity index (χ1v) is 9.28. The Morgan fingerprint density at radius 2 is 1.93 bits per heavy atom. The number of halogens is 2. The summed E-state index contributed by atoms with van der Waals surface area (Å²) in [4.78, 5) is 21.9. The number of rotatable bonds is 6. The van der Waals surface area contributed by atoms with Crippen LogP contribution in [0.15, 0.2) is 58.2 Å². The van der Waals surface area contributed by atoms with E-state index in [-0.39, 0.29) is 17.8 Å². The summed E-state index contributed by atoms with van der Waals surface area (Å²) in [5.74, 6) is 0.0861. The SMILES string of the molecule is O=C(NCc1ccc(Cl)cc1)C1=NO[C@H](Cc2nc(-c3ccc(F)cc3)no2)C1. The summed E-state index contributed by atoms with van der Waals surface area (Å²) in [6.07, 6.45) is 0.277. The van der Waals surface area contributed by atoms with Crippen molar-refractivity contribution < 1.29 is 18.5 Å². The van der Waals surface area contributed by atoms with E-state index in [9.17, 15) is 9.18 Å². The highest BCUT2D eigenvalue weighted by molar-refractivity contribution is 6.39. The second-order valence-corrected chi connectivity index (χ2v) is 6.94. The van der Waals surface area contributed by atoms with Crippen LogP contribution in [0, 0.1) is 5.82 Å². The van der Waals surface area contributed by atoms with Crippen LogP contribution in [0.1, 0.15) is 17.9 Å². The maximum absolute atomic E-state index is 13.0. The van der Waals surface area contributed by atoms with Crippen molar-refractivity contribution in [3.63, 3.8) is 0 Å². The highest BCUT2D eigenvalue weighted by Crippen LogP contribution is 2.19. The maximum Gasteiger partial charge on any atom is 0.269 e. The third-order valence-electron chi connectivity index (χ3n) is 4.33. The van der Waals surface area contributed by atoms with Gasteiger partial charge < -0.3 is 14.7 Å². The fraction of sp³-hybridized carbons (Fsp3) is 0.200. The zero-order chi connectivity index (χ0) is 20.2. The Labute approximate surface area is 170 Å². The largest absolute Gasteiger partial charge is 0.391 e. The second-order valence-electron chi connectivity index (χ2n) is 6.50. The van der Waals surface area contributed by atoms with Crippen molar-refractivity contribution in [2.45, 2.75) is 25.5 Å². The van der Waals surface area contributed by atoms with Gasteiger partial charge in [0.1, 0.15) is 17.6 Å². The molecule has 0 aliphatic carbocycles. The summed E-state index contributed by atoms with van der Waals surface area (Å²) in [6, 6.07) is 13.0. The number of carbonyl (C=O) groups is 1. The van der Waals surface area contributed by atoms with Gasteiger partial charge in [-0.3, -0.25) is 4.79 Å². The Morgan fingerprint density at radius 3 is 2.69 bits per heavy atom. The smallest absolute Gasteiger partial charge is 0.269 e. The normalized spacial score (nSPS) is 15.7. The lowest BCUT2D eigenvalue weighted by Crippen LogP contribution is -2.30. The van der Waals surface area contributed by atoms with Gasteiger partial charge in [-0.05, 0) is 42.0 Å². The minimum absolute atomic E-state index is 0.292. The number of nitrogens with zero attached hydrogens (tertiary/aromatic N) is 3. The number of aromatic nitrogens is 2. The zero-order valence-electron chi connectivity index (χ0n) is 15.1. The van der Waals surface area contributed by atoms with Gasteiger partial charge in [-0.1, -0.05) is 34.0 Å². The first kappa shape index (κ1) is 19.1. The number of hydrogen-bond acceptors (Lipinski definition) is 6. The third kappa shape index (κ3) is 4.78. The van der Waals surface area contributed by atoms with Crippen molar-refractivity contribution in [3.05, 3.63) is 70.8 Å². The van der Waals surface area contributed by atoms with Gasteiger partial charge in [0.05, 0.1) is 6.42 Å². The van der Waals surface area contributed by atoms with Crippen LogP contribution in [0.5, 0.6) is 0 Å². The molecule has 9 heteroatoms. The molecule has 1 atom stereocenters. The predicted octanol–water partition coefficient (Wildman–Crippen LogP) is 3.53. The van der Waals surface area contributed by atoms with Crippen molar-refractivity contribution in [3.8, 4) is 11.4 Å². The molecular formula is C20H16ClFN4O3. The van der Waals surface area contributed by atoms with Crippen molar-refractivity contribution in [1.82, 2.24) is 15.5 Å². The molecule has 0 saturated carbocycles. The van der Waals surface area contributed by atoms with Crippen LogP contribution in [0.25, 0.3) is 11.4 Å². The molecule has 2 heterocycles. The lowest BCUT2D eigenvalue weighted by atomic mass is 10.1. The Bertz CT molecular complexity index is 1030.